The summed E-state index contributed by atoms with van der Waals surface area (Å²) >= 11 is 0. The summed E-state index contributed by atoms with van der Waals surface area (Å²) in [4.78, 5) is 12.8. The first-order valence-electron chi connectivity index (χ1n) is 7.34. The second-order valence-electron chi connectivity index (χ2n) is 5.81. The standard InChI is InChI=1S/C19H16O2/c1-12-6-9-17-14(10-12)11-18(21-17)19(20)16-8-7-13-4-2-3-5-15(13)16/h2-6,9-11,16H,7-8H2,1H3. The number of benzene rings is 2. The van der Waals surface area contributed by atoms with E-state index in [9.17, 15) is 4.79 Å². The van der Waals surface area contributed by atoms with Crippen LogP contribution in [0.5, 0.6) is 0 Å². The molecule has 21 heavy (non-hydrogen) atoms. The monoisotopic (exact) mass is 276 g/mol. The number of Topliss-reactive ketones (excluding diaryl/α,β-unsaturated/α-hetero) is 1. The van der Waals surface area contributed by atoms with Crippen LogP contribution in [-0.4, -0.2) is 5.78 Å². The molecule has 1 atom stereocenters. The quantitative estimate of drug-likeness (QED) is 0.637. The summed E-state index contributed by atoms with van der Waals surface area (Å²) in [6.07, 6.45) is 1.86. The molecule has 1 aliphatic rings. The molecule has 0 bridgehead atoms. The largest absolute Gasteiger partial charge is 0.453 e. The van der Waals surface area contributed by atoms with E-state index in [1.807, 2.05) is 37.3 Å². The minimum absolute atomic E-state index is 0.0529. The molecule has 2 aromatic carbocycles. The number of hydrogen-bond acceptors (Lipinski definition) is 2. The van der Waals surface area contributed by atoms with E-state index in [1.165, 1.54) is 16.7 Å². The summed E-state index contributed by atoms with van der Waals surface area (Å²) in [6.45, 7) is 2.04. The lowest BCUT2D eigenvalue weighted by molar-refractivity contribution is 0.0934. The topological polar surface area (TPSA) is 30.2 Å². The molecule has 1 heterocycles. The van der Waals surface area contributed by atoms with Gasteiger partial charge in [0.05, 0.1) is 5.92 Å². The van der Waals surface area contributed by atoms with E-state index in [1.54, 1.807) is 0 Å². The van der Waals surface area contributed by atoms with Gasteiger partial charge in [0.2, 0.25) is 5.78 Å². The molecule has 3 aromatic rings. The molecule has 104 valence electrons. The fraction of sp³-hybridized carbons (Fsp3) is 0.211. The number of aryl methyl sites for hydroxylation is 2. The first-order chi connectivity index (χ1) is 10.2. The number of carbonyl (C=O) groups is 1. The third-order valence-electron chi connectivity index (χ3n) is 4.36. The van der Waals surface area contributed by atoms with Gasteiger partial charge in [-0.25, -0.2) is 0 Å². The molecule has 0 N–H and O–H groups in total. The van der Waals surface area contributed by atoms with Crippen molar-refractivity contribution in [3.63, 3.8) is 0 Å². The van der Waals surface area contributed by atoms with E-state index in [0.717, 1.165) is 23.8 Å². The van der Waals surface area contributed by atoms with Crippen LogP contribution in [0.15, 0.2) is 52.9 Å². The Kier molecular flexibility index (Phi) is 2.71. The normalized spacial score (nSPS) is 17.1. The van der Waals surface area contributed by atoms with E-state index < -0.39 is 0 Å². The number of carbonyl (C=O) groups excluding carboxylic acids is 1. The lowest BCUT2D eigenvalue weighted by atomic mass is 9.95. The predicted molar refractivity (Wildman–Crippen MR) is 82.8 cm³/mol. The first-order valence-corrected chi connectivity index (χ1v) is 7.34. The Balaban J connectivity index is 1.74. The molecule has 0 fully saturated rings. The average Bonchev–Trinajstić information content (AvgIpc) is 3.09. The zero-order chi connectivity index (χ0) is 14.4. The van der Waals surface area contributed by atoms with Gasteiger partial charge in [-0.2, -0.15) is 0 Å². The van der Waals surface area contributed by atoms with Gasteiger partial charge < -0.3 is 4.42 Å². The van der Waals surface area contributed by atoms with Crippen LogP contribution in [0.3, 0.4) is 0 Å². The van der Waals surface area contributed by atoms with Gasteiger partial charge in [-0.1, -0.05) is 35.9 Å². The van der Waals surface area contributed by atoms with Gasteiger partial charge in [-0.05, 0) is 49.1 Å². The third kappa shape index (κ3) is 1.99. The maximum atomic E-state index is 12.8. The van der Waals surface area contributed by atoms with Gasteiger partial charge >= 0.3 is 0 Å². The van der Waals surface area contributed by atoms with Gasteiger partial charge in [0, 0.05) is 5.39 Å². The van der Waals surface area contributed by atoms with Gasteiger partial charge in [-0.3, -0.25) is 4.79 Å². The van der Waals surface area contributed by atoms with E-state index in [2.05, 4.69) is 18.2 Å². The average molecular weight is 276 g/mol. The lowest BCUT2D eigenvalue weighted by Crippen LogP contribution is -2.09. The first kappa shape index (κ1) is 12.4. The highest BCUT2D eigenvalue weighted by Crippen LogP contribution is 2.36. The summed E-state index contributed by atoms with van der Waals surface area (Å²) < 4.78 is 5.76. The van der Waals surface area contributed by atoms with Crippen molar-refractivity contribution in [2.24, 2.45) is 0 Å². The summed E-state index contributed by atoms with van der Waals surface area (Å²) in [7, 11) is 0. The Morgan fingerprint density at radius 1 is 1.14 bits per heavy atom. The zero-order valence-electron chi connectivity index (χ0n) is 11.9. The van der Waals surface area contributed by atoms with Crippen molar-refractivity contribution in [2.75, 3.05) is 0 Å². The number of hydrogen-bond donors (Lipinski definition) is 0. The highest BCUT2D eigenvalue weighted by molar-refractivity contribution is 6.02. The van der Waals surface area contributed by atoms with Crippen LogP contribution in [0.2, 0.25) is 0 Å². The van der Waals surface area contributed by atoms with Crippen LogP contribution in [-0.2, 0) is 6.42 Å². The SMILES string of the molecule is Cc1ccc2oc(C(=O)C3CCc4ccccc43)cc2c1. The van der Waals surface area contributed by atoms with E-state index in [4.69, 9.17) is 4.42 Å². The summed E-state index contributed by atoms with van der Waals surface area (Å²) in [6, 6.07) is 16.1. The maximum absolute atomic E-state index is 12.8. The van der Waals surface area contributed by atoms with E-state index in [-0.39, 0.29) is 11.7 Å². The van der Waals surface area contributed by atoms with Crippen molar-refractivity contribution < 1.29 is 9.21 Å². The molecule has 2 nitrogen and oxygen atoms in total. The molecule has 0 saturated heterocycles. The summed E-state index contributed by atoms with van der Waals surface area (Å²) in [5.74, 6) is 0.536. The molecular weight excluding hydrogens is 260 g/mol. The second kappa shape index (κ2) is 4.59. The predicted octanol–water partition coefficient (Wildman–Crippen LogP) is 4.65. The summed E-state index contributed by atoms with van der Waals surface area (Å²) in [5.41, 5.74) is 4.42. The molecule has 0 saturated carbocycles. The smallest absolute Gasteiger partial charge is 0.205 e. The van der Waals surface area contributed by atoms with Gasteiger partial charge in [-0.15, -0.1) is 0 Å². The second-order valence-corrected chi connectivity index (χ2v) is 5.81. The van der Waals surface area contributed by atoms with E-state index in [0.29, 0.717) is 5.76 Å². The minimum Gasteiger partial charge on any atom is -0.453 e. The Morgan fingerprint density at radius 2 is 2.00 bits per heavy atom. The van der Waals surface area contributed by atoms with Crippen LogP contribution >= 0.6 is 0 Å². The molecule has 1 aliphatic carbocycles. The van der Waals surface area contributed by atoms with Crippen molar-refractivity contribution in [1.82, 2.24) is 0 Å². The molecule has 0 radical (unpaired) electrons. The van der Waals surface area contributed by atoms with Crippen LogP contribution in [0.1, 0.15) is 39.6 Å². The molecule has 2 heteroatoms. The Morgan fingerprint density at radius 3 is 2.90 bits per heavy atom. The van der Waals surface area contributed by atoms with Crippen LogP contribution in [0, 0.1) is 6.92 Å². The van der Waals surface area contributed by atoms with Crippen LogP contribution in [0.25, 0.3) is 11.0 Å². The van der Waals surface area contributed by atoms with Crippen molar-refractivity contribution in [1.29, 1.82) is 0 Å². The Labute approximate surface area is 123 Å². The highest BCUT2D eigenvalue weighted by atomic mass is 16.3. The van der Waals surface area contributed by atoms with Crippen molar-refractivity contribution >= 4 is 16.8 Å². The van der Waals surface area contributed by atoms with Crippen LogP contribution < -0.4 is 0 Å². The number of fused-ring (bicyclic) bond motifs is 2. The Hall–Kier alpha value is -2.35. The molecular formula is C19H16O2. The van der Waals surface area contributed by atoms with Crippen molar-refractivity contribution in [3.05, 3.63) is 71.0 Å². The fourth-order valence-electron chi connectivity index (χ4n) is 3.29. The number of furan rings is 1. The maximum Gasteiger partial charge on any atom is 0.205 e. The Bertz CT molecular complexity index is 842. The molecule has 0 spiro atoms. The minimum atomic E-state index is -0.0529. The van der Waals surface area contributed by atoms with Crippen LogP contribution in [0.4, 0.5) is 0 Å². The zero-order valence-corrected chi connectivity index (χ0v) is 11.9. The number of ketones is 1. The van der Waals surface area contributed by atoms with Gasteiger partial charge in [0.15, 0.2) is 5.76 Å². The van der Waals surface area contributed by atoms with E-state index >= 15 is 0 Å². The molecule has 0 aliphatic heterocycles. The highest BCUT2D eigenvalue weighted by Gasteiger charge is 2.30. The molecule has 1 unspecified atom stereocenters. The van der Waals surface area contributed by atoms with Crippen molar-refractivity contribution in [2.45, 2.75) is 25.7 Å². The molecule has 0 amide bonds. The van der Waals surface area contributed by atoms with Gasteiger partial charge in [0.25, 0.3) is 0 Å². The summed E-state index contributed by atoms with van der Waals surface area (Å²) in [5, 5.41) is 1.00. The van der Waals surface area contributed by atoms with Crippen molar-refractivity contribution in [3.8, 4) is 0 Å². The third-order valence-corrected chi connectivity index (χ3v) is 4.36. The lowest BCUT2D eigenvalue weighted by Gasteiger charge is -2.07. The molecule has 1 aromatic heterocycles. The molecule has 4 rings (SSSR count). The van der Waals surface area contributed by atoms with Gasteiger partial charge in [0.1, 0.15) is 5.58 Å². The fourth-order valence-corrected chi connectivity index (χ4v) is 3.29. The number of rotatable bonds is 2.